The molecular weight excluding hydrogens is 363 g/mol. The molecule has 0 aliphatic heterocycles. The van der Waals surface area contributed by atoms with E-state index in [-0.39, 0.29) is 22.2 Å². The molecule has 25 heavy (non-hydrogen) atoms. The summed E-state index contributed by atoms with van der Waals surface area (Å²) in [5.74, 6) is -0.122. The first-order chi connectivity index (χ1) is 11.6. The van der Waals surface area contributed by atoms with Crippen LogP contribution < -0.4 is 15.4 Å². The van der Waals surface area contributed by atoms with Crippen molar-refractivity contribution in [3.8, 4) is 5.75 Å². The molecule has 2 aromatic rings. The fourth-order valence-electron chi connectivity index (χ4n) is 1.98. The smallest absolute Gasteiger partial charge is 0.416 e. The van der Waals surface area contributed by atoms with Crippen molar-refractivity contribution < 1.29 is 26.7 Å². The number of hydrogen-bond acceptors (Lipinski definition) is 2. The molecule has 2 N–H and O–H groups in total. The fourth-order valence-corrected chi connectivity index (χ4v) is 2.21. The Morgan fingerprint density at radius 1 is 1.08 bits per heavy atom. The topological polar surface area (TPSA) is 33.3 Å². The van der Waals surface area contributed by atoms with Gasteiger partial charge in [0.25, 0.3) is 0 Å². The van der Waals surface area contributed by atoms with Crippen LogP contribution in [0.3, 0.4) is 0 Å². The summed E-state index contributed by atoms with van der Waals surface area (Å²) in [6.07, 6.45) is -4.48. The second-order valence-corrected chi connectivity index (χ2v) is 5.44. The summed E-state index contributed by atoms with van der Waals surface area (Å²) >= 11 is 5.01. The van der Waals surface area contributed by atoms with Crippen molar-refractivity contribution in [1.29, 1.82) is 0 Å². The van der Waals surface area contributed by atoms with E-state index in [2.05, 4.69) is 15.4 Å². The maximum Gasteiger partial charge on any atom is 0.416 e. The molecule has 2 rings (SSSR count). The van der Waals surface area contributed by atoms with E-state index in [9.17, 15) is 22.0 Å². The molecule has 0 heterocycles. The first kappa shape index (κ1) is 18.9. The number of nitrogens with one attached hydrogen (secondary N) is 2. The van der Waals surface area contributed by atoms with Crippen LogP contribution in [0.2, 0.25) is 0 Å². The van der Waals surface area contributed by atoms with Crippen LogP contribution in [0.15, 0.2) is 42.5 Å². The average molecular weight is 376 g/mol. The highest BCUT2D eigenvalue weighted by molar-refractivity contribution is 7.80. The highest BCUT2D eigenvalue weighted by atomic mass is 32.1. The molecule has 0 spiro atoms. The van der Waals surface area contributed by atoms with Gasteiger partial charge in [0.05, 0.1) is 11.3 Å². The Bertz CT molecular complexity index is 764. The summed E-state index contributed by atoms with van der Waals surface area (Å²) in [6, 6.07) is 8.96. The molecule has 0 radical (unpaired) electrons. The van der Waals surface area contributed by atoms with Crippen LogP contribution in [0.1, 0.15) is 11.1 Å². The van der Waals surface area contributed by atoms with Crippen molar-refractivity contribution in [3.05, 3.63) is 53.6 Å². The Labute approximate surface area is 145 Å². The van der Waals surface area contributed by atoms with Crippen molar-refractivity contribution >= 4 is 28.7 Å². The van der Waals surface area contributed by atoms with Crippen LogP contribution >= 0.6 is 12.2 Å². The maximum atomic E-state index is 12.7. The standard InChI is InChI=1S/C16H13F5N2OS/c1-9-5-6-12(13(7-9)24-14(17)18)23-15(25)22-11-4-2-3-10(8-11)16(19,20)21/h2-8,14H,1H3,(H2,22,23,25). The lowest BCUT2D eigenvalue weighted by Gasteiger charge is -2.15. The molecule has 0 saturated heterocycles. The molecular formula is C16H13F5N2OS. The first-order valence-electron chi connectivity index (χ1n) is 6.96. The van der Waals surface area contributed by atoms with Gasteiger partial charge in [-0.1, -0.05) is 12.1 Å². The van der Waals surface area contributed by atoms with Gasteiger partial charge in [-0.25, -0.2) is 0 Å². The Morgan fingerprint density at radius 2 is 1.80 bits per heavy atom. The third-order valence-electron chi connectivity index (χ3n) is 3.05. The monoisotopic (exact) mass is 376 g/mol. The van der Waals surface area contributed by atoms with Gasteiger partial charge in [0.1, 0.15) is 5.75 Å². The van der Waals surface area contributed by atoms with Crippen molar-refractivity contribution in [1.82, 2.24) is 0 Å². The van der Waals surface area contributed by atoms with E-state index in [4.69, 9.17) is 12.2 Å². The first-order valence-corrected chi connectivity index (χ1v) is 7.36. The molecule has 0 bridgehead atoms. The summed E-state index contributed by atoms with van der Waals surface area (Å²) in [4.78, 5) is 0. The Morgan fingerprint density at radius 3 is 2.44 bits per heavy atom. The van der Waals surface area contributed by atoms with Crippen LogP contribution in [-0.2, 0) is 6.18 Å². The third-order valence-corrected chi connectivity index (χ3v) is 3.25. The molecule has 0 atom stereocenters. The largest absolute Gasteiger partial charge is 0.433 e. The van der Waals surface area contributed by atoms with E-state index in [0.717, 1.165) is 12.1 Å². The molecule has 9 heteroatoms. The van der Waals surface area contributed by atoms with Crippen LogP contribution in [0, 0.1) is 6.92 Å². The zero-order chi connectivity index (χ0) is 18.6. The Kier molecular flexibility index (Phi) is 5.78. The minimum absolute atomic E-state index is 0.0673. The molecule has 2 aromatic carbocycles. The van der Waals surface area contributed by atoms with Gasteiger partial charge in [0, 0.05) is 5.69 Å². The predicted molar refractivity (Wildman–Crippen MR) is 89.1 cm³/mol. The zero-order valence-corrected chi connectivity index (χ0v) is 13.6. The number of halogens is 5. The minimum Gasteiger partial charge on any atom is -0.433 e. The molecule has 134 valence electrons. The third kappa shape index (κ3) is 5.56. The maximum absolute atomic E-state index is 12.7. The number of benzene rings is 2. The van der Waals surface area contributed by atoms with E-state index in [1.165, 1.54) is 24.3 Å². The summed E-state index contributed by atoms with van der Waals surface area (Å²) < 4.78 is 67.4. The number of alkyl halides is 5. The molecule has 0 aromatic heterocycles. The average Bonchev–Trinajstić information content (AvgIpc) is 2.49. The van der Waals surface area contributed by atoms with Crippen molar-refractivity contribution in [3.63, 3.8) is 0 Å². The predicted octanol–water partition coefficient (Wildman–Crippen LogP) is 5.42. The Hall–Kier alpha value is -2.42. The van der Waals surface area contributed by atoms with Gasteiger partial charge in [-0.05, 0) is 55.0 Å². The van der Waals surface area contributed by atoms with E-state index >= 15 is 0 Å². The summed E-state index contributed by atoms with van der Waals surface area (Å²) in [5, 5.41) is 5.14. The number of hydrogen-bond donors (Lipinski definition) is 2. The van der Waals surface area contributed by atoms with Crippen LogP contribution in [0.4, 0.5) is 33.3 Å². The minimum atomic E-state index is -4.48. The highest BCUT2D eigenvalue weighted by Crippen LogP contribution is 2.31. The van der Waals surface area contributed by atoms with E-state index < -0.39 is 18.4 Å². The number of ether oxygens (including phenoxy) is 1. The summed E-state index contributed by atoms with van der Waals surface area (Å²) in [7, 11) is 0. The van der Waals surface area contributed by atoms with Gasteiger partial charge in [-0.2, -0.15) is 22.0 Å². The van der Waals surface area contributed by atoms with Gasteiger partial charge in [0.2, 0.25) is 0 Å². The van der Waals surface area contributed by atoms with Crippen LogP contribution in [-0.4, -0.2) is 11.7 Å². The normalized spacial score (nSPS) is 11.3. The SMILES string of the molecule is Cc1ccc(NC(=S)Nc2cccc(C(F)(F)F)c2)c(OC(F)F)c1. The van der Waals surface area contributed by atoms with Crippen LogP contribution in [0.25, 0.3) is 0 Å². The number of rotatable bonds is 4. The second-order valence-electron chi connectivity index (χ2n) is 5.04. The lowest BCUT2D eigenvalue weighted by atomic mass is 10.2. The molecule has 0 fully saturated rings. The van der Waals surface area contributed by atoms with E-state index in [0.29, 0.717) is 5.56 Å². The summed E-state index contributed by atoms with van der Waals surface area (Å²) in [6.45, 7) is -1.33. The lowest BCUT2D eigenvalue weighted by molar-refractivity contribution is -0.137. The molecule has 0 unspecified atom stereocenters. The van der Waals surface area contributed by atoms with Gasteiger partial charge in [-0.3, -0.25) is 0 Å². The lowest BCUT2D eigenvalue weighted by Crippen LogP contribution is -2.20. The number of anilines is 2. The van der Waals surface area contributed by atoms with Gasteiger partial charge >= 0.3 is 12.8 Å². The molecule has 0 aliphatic carbocycles. The number of aryl methyl sites for hydroxylation is 1. The second kappa shape index (κ2) is 7.64. The number of thiocarbonyl (C=S) groups is 1. The highest BCUT2D eigenvalue weighted by Gasteiger charge is 2.30. The molecule has 0 saturated carbocycles. The van der Waals surface area contributed by atoms with Gasteiger partial charge in [0.15, 0.2) is 5.11 Å². The van der Waals surface area contributed by atoms with Gasteiger partial charge in [-0.15, -0.1) is 0 Å². The van der Waals surface area contributed by atoms with Gasteiger partial charge < -0.3 is 15.4 Å². The van der Waals surface area contributed by atoms with Crippen molar-refractivity contribution in [2.45, 2.75) is 19.7 Å². The summed E-state index contributed by atoms with van der Waals surface area (Å²) in [5.41, 5.74) is 0.126. The molecule has 0 amide bonds. The Balaban J connectivity index is 2.13. The van der Waals surface area contributed by atoms with Crippen LogP contribution in [0.5, 0.6) is 5.75 Å². The van der Waals surface area contributed by atoms with E-state index in [1.54, 1.807) is 13.0 Å². The zero-order valence-electron chi connectivity index (χ0n) is 12.8. The van der Waals surface area contributed by atoms with Crippen molar-refractivity contribution in [2.24, 2.45) is 0 Å². The quantitative estimate of drug-likeness (QED) is 0.551. The van der Waals surface area contributed by atoms with Crippen molar-refractivity contribution in [2.75, 3.05) is 10.6 Å². The molecule has 0 aliphatic rings. The molecule has 3 nitrogen and oxygen atoms in total. The van der Waals surface area contributed by atoms with E-state index in [1.807, 2.05) is 0 Å². The fraction of sp³-hybridized carbons (Fsp3) is 0.188.